The summed E-state index contributed by atoms with van der Waals surface area (Å²) in [5.41, 5.74) is 6.94. The Bertz CT molecular complexity index is 1080. The molecule has 0 fully saturated rings. The number of nitrogens with two attached hydrogens (primary N) is 1. The first-order valence-electron chi connectivity index (χ1n) is 9.07. The van der Waals surface area contributed by atoms with Gasteiger partial charge in [0.15, 0.2) is 17.1 Å². The molecule has 29 heavy (non-hydrogen) atoms. The number of nitrogen functional groups attached to an aromatic ring is 1. The molecule has 1 aromatic carbocycles. The van der Waals surface area contributed by atoms with Gasteiger partial charge in [-0.2, -0.15) is 9.61 Å². The molecular weight excluding hydrogens is 376 g/mol. The lowest BCUT2D eigenvalue weighted by Gasteiger charge is -2.21. The first-order chi connectivity index (χ1) is 13.9. The van der Waals surface area contributed by atoms with Crippen molar-refractivity contribution in [3.63, 3.8) is 0 Å². The maximum Gasteiger partial charge on any atom is 0.256 e. The van der Waals surface area contributed by atoms with E-state index in [0.29, 0.717) is 41.0 Å². The number of hydrogen-bond acceptors (Lipinski definition) is 8. The average molecular weight is 398 g/mol. The van der Waals surface area contributed by atoms with Crippen LogP contribution in [0.3, 0.4) is 0 Å². The van der Waals surface area contributed by atoms with Crippen molar-refractivity contribution in [2.75, 3.05) is 31.0 Å². The highest BCUT2D eigenvalue weighted by atomic mass is 16.7. The number of nitrogens with one attached hydrogen (secondary N) is 2. The highest BCUT2D eigenvalue weighted by Gasteiger charge is 2.22. The number of nitrogens with zero attached hydrogens (tertiary/aromatic N) is 3. The first kappa shape index (κ1) is 18.8. The van der Waals surface area contributed by atoms with E-state index in [2.05, 4.69) is 20.7 Å². The highest BCUT2D eigenvalue weighted by molar-refractivity contribution is 6.00. The number of ether oxygens (including phenoxy) is 2. The Morgan fingerprint density at radius 1 is 1.38 bits per heavy atom. The van der Waals surface area contributed by atoms with Crippen LogP contribution in [0.25, 0.3) is 5.65 Å². The standard InChI is InChI=1S/C19H22N6O4/c1-19(2,9-26)8-21-18(27)11-7-22-25-14(20)6-15(24-17(11)25)23-12-4-3-5-13-16(12)29-10-28-13/h3-7,26H,8-10,20H2,1-2H3,(H,21,27)(H,23,24). The Balaban J connectivity index is 1.63. The van der Waals surface area contributed by atoms with Crippen molar-refractivity contribution < 1.29 is 19.4 Å². The van der Waals surface area contributed by atoms with Crippen LogP contribution in [-0.2, 0) is 0 Å². The lowest BCUT2D eigenvalue weighted by atomic mass is 9.95. The minimum Gasteiger partial charge on any atom is -0.454 e. The number of carbonyl (C=O) groups excluding carboxylic acids is 1. The van der Waals surface area contributed by atoms with Crippen molar-refractivity contribution >= 4 is 28.9 Å². The monoisotopic (exact) mass is 398 g/mol. The number of rotatable bonds is 6. The predicted octanol–water partition coefficient (Wildman–Crippen LogP) is 1.53. The van der Waals surface area contributed by atoms with Gasteiger partial charge in [-0.25, -0.2) is 4.98 Å². The molecule has 10 nitrogen and oxygen atoms in total. The zero-order valence-corrected chi connectivity index (χ0v) is 16.1. The molecule has 4 rings (SSSR count). The second-order valence-corrected chi connectivity index (χ2v) is 7.53. The fourth-order valence-corrected chi connectivity index (χ4v) is 2.85. The normalized spacial score (nSPS) is 12.9. The molecule has 0 unspecified atom stereocenters. The van der Waals surface area contributed by atoms with Crippen LogP contribution in [0.2, 0.25) is 0 Å². The van der Waals surface area contributed by atoms with Gasteiger partial charge in [0.2, 0.25) is 6.79 Å². The summed E-state index contributed by atoms with van der Waals surface area (Å²) in [5, 5.41) is 19.5. The molecule has 1 amide bonds. The lowest BCUT2D eigenvalue weighted by molar-refractivity contribution is 0.0912. The summed E-state index contributed by atoms with van der Waals surface area (Å²) >= 11 is 0. The van der Waals surface area contributed by atoms with E-state index < -0.39 is 5.41 Å². The summed E-state index contributed by atoms with van der Waals surface area (Å²) in [6.45, 7) is 4.12. The second kappa shape index (κ2) is 7.13. The molecule has 0 bridgehead atoms. The Kier molecular flexibility index (Phi) is 4.63. The molecule has 2 aromatic heterocycles. The number of fused-ring (bicyclic) bond motifs is 2. The maximum absolute atomic E-state index is 12.6. The SMILES string of the molecule is CC(C)(CO)CNC(=O)c1cnn2c(N)cc(Nc3cccc4c3OCO4)nc12. The van der Waals surface area contributed by atoms with Gasteiger partial charge in [-0.05, 0) is 12.1 Å². The largest absolute Gasteiger partial charge is 0.454 e. The number of aromatic nitrogens is 3. The van der Waals surface area contributed by atoms with Gasteiger partial charge in [-0.1, -0.05) is 19.9 Å². The molecule has 0 aliphatic carbocycles. The van der Waals surface area contributed by atoms with Gasteiger partial charge in [0.1, 0.15) is 17.2 Å². The summed E-state index contributed by atoms with van der Waals surface area (Å²) in [6.07, 6.45) is 1.42. The van der Waals surface area contributed by atoms with Crippen LogP contribution in [0, 0.1) is 5.41 Å². The smallest absolute Gasteiger partial charge is 0.256 e. The molecule has 152 valence electrons. The minimum absolute atomic E-state index is 0.0471. The number of benzene rings is 1. The van der Waals surface area contributed by atoms with E-state index in [1.54, 1.807) is 6.07 Å². The Morgan fingerprint density at radius 2 is 2.21 bits per heavy atom. The quantitative estimate of drug-likeness (QED) is 0.491. The van der Waals surface area contributed by atoms with Gasteiger partial charge in [-0.3, -0.25) is 4.79 Å². The minimum atomic E-state index is -0.437. The summed E-state index contributed by atoms with van der Waals surface area (Å²) in [6, 6.07) is 7.09. The van der Waals surface area contributed by atoms with E-state index in [0.717, 1.165) is 0 Å². The van der Waals surface area contributed by atoms with Crippen LogP contribution in [0.4, 0.5) is 17.3 Å². The van der Waals surface area contributed by atoms with Gasteiger partial charge < -0.3 is 30.9 Å². The number of aliphatic hydroxyl groups excluding tert-OH is 1. The molecule has 0 spiro atoms. The molecule has 0 saturated heterocycles. The molecule has 5 N–H and O–H groups in total. The van der Waals surface area contributed by atoms with E-state index in [1.165, 1.54) is 10.7 Å². The van der Waals surface area contributed by atoms with Crippen molar-refractivity contribution in [2.45, 2.75) is 13.8 Å². The Hall–Kier alpha value is -3.53. The molecular formula is C19H22N6O4. The Morgan fingerprint density at radius 3 is 3.00 bits per heavy atom. The van der Waals surface area contributed by atoms with E-state index in [4.69, 9.17) is 15.2 Å². The van der Waals surface area contributed by atoms with Crippen LogP contribution in [-0.4, -0.2) is 45.6 Å². The molecule has 0 atom stereocenters. The number of hydrogen-bond donors (Lipinski definition) is 4. The van der Waals surface area contributed by atoms with Crippen molar-refractivity contribution in [3.05, 3.63) is 36.0 Å². The van der Waals surface area contributed by atoms with Crippen molar-refractivity contribution in [3.8, 4) is 11.5 Å². The molecule has 10 heteroatoms. The van der Waals surface area contributed by atoms with Gasteiger partial charge in [0.05, 0.1) is 11.9 Å². The van der Waals surface area contributed by atoms with Crippen LogP contribution < -0.4 is 25.8 Å². The average Bonchev–Trinajstić information content (AvgIpc) is 3.34. The maximum atomic E-state index is 12.6. The summed E-state index contributed by atoms with van der Waals surface area (Å²) in [4.78, 5) is 17.1. The molecule has 3 aromatic rings. The molecule has 0 radical (unpaired) electrons. The van der Waals surface area contributed by atoms with Crippen LogP contribution in [0.5, 0.6) is 11.5 Å². The summed E-state index contributed by atoms with van der Waals surface area (Å²) in [7, 11) is 0. The second-order valence-electron chi connectivity index (χ2n) is 7.53. The van der Waals surface area contributed by atoms with Gasteiger partial charge >= 0.3 is 0 Å². The number of aliphatic hydroxyl groups is 1. The fraction of sp³-hybridized carbons (Fsp3) is 0.316. The third-order valence-corrected chi connectivity index (χ3v) is 4.56. The number of anilines is 3. The van der Waals surface area contributed by atoms with E-state index in [1.807, 2.05) is 32.0 Å². The topological polar surface area (TPSA) is 136 Å². The number of para-hydroxylation sites is 1. The van der Waals surface area contributed by atoms with Crippen LogP contribution in [0.1, 0.15) is 24.2 Å². The van der Waals surface area contributed by atoms with Crippen molar-refractivity contribution in [1.82, 2.24) is 19.9 Å². The third kappa shape index (κ3) is 3.61. The van der Waals surface area contributed by atoms with Gasteiger partial charge in [0, 0.05) is 24.6 Å². The summed E-state index contributed by atoms with van der Waals surface area (Å²) < 4.78 is 12.3. The molecule has 0 saturated carbocycles. The van der Waals surface area contributed by atoms with Gasteiger partial charge in [-0.15, -0.1) is 0 Å². The zero-order chi connectivity index (χ0) is 20.6. The zero-order valence-electron chi connectivity index (χ0n) is 16.1. The first-order valence-corrected chi connectivity index (χ1v) is 9.07. The van der Waals surface area contributed by atoms with Crippen LogP contribution >= 0.6 is 0 Å². The molecule has 1 aliphatic rings. The van der Waals surface area contributed by atoms with E-state index >= 15 is 0 Å². The number of amides is 1. The molecule has 3 heterocycles. The highest BCUT2D eigenvalue weighted by Crippen LogP contribution is 2.40. The van der Waals surface area contributed by atoms with Crippen LogP contribution in [0.15, 0.2) is 30.5 Å². The number of carbonyl (C=O) groups is 1. The van der Waals surface area contributed by atoms with Gasteiger partial charge in [0.25, 0.3) is 5.91 Å². The lowest BCUT2D eigenvalue weighted by Crippen LogP contribution is -2.36. The van der Waals surface area contributed by atoms with E-state index in [-0.39, 0.29) is 24.9 Å². The van der Waals surface area contributed by atoms with E-state index in [9.17, 15) is 9.90 Å². The summed E-state index contributed by atoms with van der Waals surface area (Å²) in [5.74, 6) is 1.63. The van der Waals surface area contributed by atoms with Crippen molar-refractivity contribution in [1.29, 1.82) is 0 Å². The Labute approximate surface area is 166 Å². The fourth-order valence-electron chi connectivity index (χ4n) is 2.85. The third-order valence-electron chi connectivity index (χ3n) is 4.56. The molecule has 1 aliphatic heterocycles. The van der Waals surface area contributed by atoms with Crippen molar-refractivity contribution in [2.24, 2.45) is 5.41 Å². The predicted molar refractivity (Wildman–Crippen MR) is 106 cm³/mol.